The third-order valence-corrected chi connectivity index (χ3v) is 4.86. The molecule has 1 fully saturated rings. The van der Waals surface area contributed by atoms with Crippen molar-refractivity contribution in [2.45, 2.75) is 26.0 Å². The minimum absolute atomic E-state index is 0.229. The summed E-state index contributed by atoms with van der Waals surface area (Å²) in [7, 11) is 1.71. The molecule has 1 aliphatic heterocycles. The Balaban J connectivity index is 1.95. The number of halogens is 1. The van der Waals surface area contributed by atoms with Gasteiger partial charge in [0.25, 0.3) is 0 Å². The van der Waals surface area contributed by atoms with E-state index in [1.54, 1.807) is 7.11 Å². The molecule has 0 aromatic heterocycles. The first-order valence-corrected chi connectivity index (χ1v) is 8.32. The molecule has 0 amide bonds. The van der Waals surface area contributed by atoms with Gasteiger partial charge in [-0.15, -0.1) is 0 Å². The fourth-order valence-corrected chi connectivity index (χ4v) is 3.06. The van der Waals surface area contributed by atoms with Gasteiger partial charge in [-0.25, -0.2) is 0 Å². The van der Waals surface area contributed by atoms with Crippen molar-refractivity contribution >= 4 is 21.6 Å². The number of ether oxygens (including phenoxy) is 1. The number of nitrogens with one attached hydrogen (secondary N) is 1. The van der Waals surface area contributed by atoms with Crippen molar-refractivity contribution in [2.24, 2.45) is 5.92 Å². The van der Waals surface area contributed by atoms with Crippen LogP contribution in [0.3, 0.4) is 0 Å². The van der Waals surface area contributed by atoms with E-state index in [0.717, 1.165) is 43.7 Å². The van der Waals surface area contributed by atoms with Gasteiger partial charge in [0.2, 0.25) is 0 Å². The molecule has 0 saturated carbocycles. The highest BCUT2D eigenvalue weighted by Gasteiger charge is 2.24. The van der Waals surface area contributed by atoms with Crippen molar-refractivity contribution in [3.63, 3.8) is 0 Å². The molecule has 2 atom stereocenters. The van der Waals surface area contributed by atoms with Crippen LogP contribution in [0.1, 0.15) is 18.9 Å². The molecule has 21 heavy (non-hydrogen) atoms. The standard InChI is InChI=1S/C16H25BrN2O2/c1-12-5-7-19(11-16(12)20)14-4-3-13(15(17)9-14)10-18-6-8-21-2/h3-4,9,12,16,18,20H,5-8,10-11H2,1-2H3. The molecule has 1 aliphatic rings. The zero-order chi connectivity index (χ0) is 15.2. The van der Waals surface area contributed by atoms with Gasteiger partial charge in [-0.1, -0.05) is 28.9 Å². The average Bonchev–Trinajstić information content (AvgIpc) is 2.48. The molecule has 2 rings (SSSR count). The van der Waals surface area contributed by atoms with E-state index in [1.807, 2.05) is 0 Å². The van der Waals surface area contributed by atoms with E-state index in [2.05, 4.69) is 51.3 Å². The molecule has 1 aromatic rings. The molecule has 118 valence electrons. The summed E-state index contributed by atoms with van der Waals surface area (Å²) in [5.74, 6) is 0.397. The summed E-state index contributed by atoms with van der Waals surface area (Å²) in [6.45, 7) is 6.24. The van der Waals surface area contributed by atoms with Crippen LogP contribution in [0.4, 0.5) is 5.69 Å². The van der Waals surface area contributed by atoms with Crippen LogP contribution in [-0.2, 0) is 11.3 Å². The SMILES string of the molecule is COCCNCc1ccc(N2CCC(C)C(O)C2)cc1Br. The van der Waals surface area contributed by atoms with Gasteiger partial charge in [0, 0.05) is 43.4 Å². The van der Waals surface area contributed by atoms with Gasteiger partial charge in [-0.3, -0.25) is 0 Å². The van der Waals surface area contributed by atoms with Crippen molar-refractivity contribution in [1.82, 2.24) is 5.32 Å². The predicted molar refractivity (Wildman–Crippen MR) is 89.7 cm³/mol. The number of β-amino-alcohol motifs (C(OH)–C–C–N with tert-alkyl or cyclic N) is 1. The highest BCUT2D eigenvalue weighted by Crippen LogP contribution is 2.27. The van der Waals surface area contributed by atoms with Crippen molar-refractivity contribution in [3.8, 4) is 0 Å². The lowest BCUT2D eigenvalue weighted by atomic mass is 9.95. The Morgan fingerprint density at radius 2 is 2.29 bits per heavy atom. The van der Waals surface area contributed by atoms with Crippen LogP contribution in [0.25, 0.3) is 0 Å². The molecule has 0 aliphatic carbocycles. The maximum absolute atomic E-state index is 10.0. The first-order chi connectivity index (χ1) is 10.1. The van der Waals surface area contributed by atoms with E-state index in [4.69, 9.17) is 4.74 Å². The number of anilines is 1. The predicted octanol–water partition coefficient (Wildman–Crippen LogP) is 2.39. The molecule has 2 N–H and O–H groups in total. The summed E-state index contributed by atoms with van der Waals surface area (Å²) < 4.78 is 6.13. The van der Waals surface area contributed by atoms with E-state index in [9.17, 15) is 5.11 Å². The second kappa shape index (κ2) is 8.13. The number of benzene rings is 1. The maximum Gasteiger partial charge on any atom is 0.0741 e. The number of nitrogens with zero attached hydrogens (tertiary/aromatic N) is 1. The molecule has 2 unspecified atom stereocenters. The van der Waals surface area contributed by atoms with Crippen molar-refractivity contribution in [3.05, 3.63) is 28.2 Å². The molecular weight excluding hydrogens is 332 g/mol. The van der Waals surface area contributed by atoms with E-state index < -0.39 is 0 Å². The fraction of sp³-hybridized carbons (Fsp3) is 0.625. The second-order valence-electron chi connectivity index (χ2n) is 5.72. The van der Waals surface area contributed by atoms with Gasteiger partial charge in [-0.05, 0) is 30.0 Å². The monoisotopic (exact) mass is 356 g/mol. The Morgan fingerprint density at radius 3 is 2.95 bits per heavy atom. The Kier molecular flexibility index (Phi) is 6.48. The van der Waals surface area contributed by atoms with Crippen molar-refractivity contribution < 1.29 is 9.84 Å². The van der Waals surface area contributed by atoms with Crippen LogP contribution < -0.4 is 10.2 Å². The summed E-state index contributed by atoms with van der Waals surface area (Å²) in [4.78, 5) is 2.26. The summed E-state index contributed by atoms with van der Waals surface area (Å²) >= 11 is 3.65. The molecule has 0 spiro atoms. The molecule has 1 heterocycles. The van der Waals surface area contributed by atoms with Gasteiger partial charge in [0.15, 0.2) is 0 Å². The van der Waals surface area contributed by atoms with Crippen LogP contribution in [-0.4, -0.2) is 44.6 Å². The van der Waals surface area contributed by atoms with E-state index in [-0.39, 0.29) is 6.10 Å². The fourth-order valence-electron chi connectivity index (χ4n) is 2.56. The minimum atomic E-state index is -0.229. The van der Waals surface area contributed by atoms with Gasteiger partial charge in [-0.2, -0.15) is 0 Å². The third kappa shape index (κ3) is 4.68. The summed E-state index contributed by atoms with van der Waals surface area (Å²) in [6, 6.07) is 6.43. The lowest BCUT2D eigenvalue weighted by Crippen LogP contribution is -2.42. The molecule has 1 saturated heterocycles. The van der Waals surface area contributed by atoms with Gasteiger partial charge >= 0.3 is 0 Å². The number of hydrogen-bond donors (Lipinski definition) is 2. The Labute approximate surface area is 135 Å². The summed E-state index contributed by atoms with van der Waals surface area (Å²) in [5.41, 5.74) is 2.41. The molecule has 4 nitrogen and oxygen atoms in total. The van der Waals surface area contributed by atoms with Crippen LogP contribution in [0.15, 0.2) is 22.7 Å². The molecule has 1 aromatic carbocycles. The number of methoxy groups -OCH3 is 1. The van der Waals surface area contributed by atoms with E-state index in [1.165, 1.54) is 11.3 Å². The zero-order valence-electron chi connectivity index (χ0n) is 12.8. The van der Waals surface area contributed by atoms with E-state index in [0.29, 0.717) is 5.92 Å². The number of piperidine rings is 1. The zero-order valence-corrected chi connectivity index (χ0v) is 14.4. The van der Waals surface area contributed by atoms with Gasteiger partial charge < -0.3 is 20.1 Å². The lowest BCUT2D eigenvalue weighted by Gasteiger charge is -2.36. The normalized spacial score (nSPS) is 22.6. The smallest absolute Gasteiger partial charge is 0.0741 e. The first kappa shape index (κ1) is 16.7. The maximum atomic E-state index is 10.0. The second-order valence-corrected chi connectivity index (χ2v) is 6.58. The topological polar surface area (TPSA) is 44.7 Å². The number of aliphatic hydroxyl groups is 1. The Morgan fingerprint density at radius 1 is 1.48 bits per heavy atom. The quantitative estimate of drug-likeness (QED) is 0.768. The molecular formula is C16H25BrN2O2. The number of rotatable bonds is 6. The molecule has 0 radical (unpaired) electrons. The van der Waals surface area contributed by atoms with Crippen molar-refractivity contribution in [1.29, 1.82) is 0 Å². The number of aliphatic hydroxyl groups excluding tert-OH is 1. The van der Waals surface area contributed by atoms with Crippen LogP contribution >= 0.6 is 15.9 Å². The number of hydrogen-bond acceptors (Lipinski definition) is 4. The average molecular weight is 357 g/mol. The van der Waals surface area contributed by atoms with E-state index >= 15 is 0 Å². The van der Waals surface area contributed by atoms with Gasteiger partial charge in [0.1, 0.15) is 0 Å². The molecule has 5 heteroatoms. The first-order valence-electron chi connectivity index (χ1n) is 7.53. The van der Waals surface area contributed by atoms with Crippen LogP contribution in [0, 0.1) is 5.92 Å². The minimum Gasteiger partial charge on any atom is -0.391 e. The lowest BCUT2D eigenvalue weighted by molar-refractivity contribution is 0.103. The largest absolute Gasteiger partial charge is 0.391 e. The Bertz CT molecular complexity index is 456. The highest BCUT2D eigenvalue weighted by atomic mass is 79.9. The third-order valence-electron chi connectivity index (χ3n) is 4.12. The van der Waals surface area contributed by atoms with Crippen LogP contribution in [0.2, 0.25) is 0 Å². The Hall–Kier alpha value is -0.620. The van der Waals surface area contributed by atoms with Crippen LogP contribution in [0.5, 0.6) is 0 Å². The van der Waals surface area contributed by atoms with Gasteiger partial charge in [0.05, 0.1) is 12.7 Å². The highest BCUT2D eigenvalue weighted by molar-refractivity contribution is 9.10. The summed E-state index contributed by atoms with van der Waals surface area (Å²) in [6.07, 6.45) is 0.812. The van der Waals surface area contributed by atoms with Crippen molar-refractivity contribution in [2.75, 3.05) is 38.3 Å². The molecule has 0 bridgehead atoms. The summed E-state index contributed by atoms with van der Waals surface area (Å²) in [5, 5.41) is 13.4.